The van der Waals surface area contributed by atoms with Crippen LogP contribution in [0.1, 0.15) is 88.2 Å². The van der Waals surface area contributed by atoms with Crippen LogP contribution in [0.25, 0.3) is 0 Å². The Hall–Kier alpha value is -2.17. The number of aromatic nitrogens is 1. The van der Waals surface area contributed by atoms with E-state index in [1.54, 1.807) is 18.2 Å². The molecule has 0 saturated heterocycles. The van der Waals surface area contributed by atoms with Crippen LogP contribution in [0.4, 0.5) is 0 Å². The van der Waals surface area contributed by atoms with Gasteiger partial charge in [0.15, 0.2) is 11.6 Å². The number of pyridine rings is 1. The van der Waals surface area contributed by atoms with E-state index in [9.17, 15) is 19.2 Å². The Morgan fingerprint density at radius 1 is 0.750 bits per heavy atom. The summed E-state index contributed by atoms with van der Waals surface area (Å²) < 4.78 is 0. The Kier molecular flexibility index (Phi) is 7.46. The van der Waals surface area contributed by atoms with Crippen molar-refractivity contribution in [1.29, 1.82) is 0 Å². The number of carbonyl (C=O) groups is 4. The van der Waals surface area contributed by atoms with E-state index in [0.29, 0.717) is 0 Å². The molecule has 2 fully saturated rings. The van der Waals surface area contributed by atoms with Gasteiger partial charge in [-0.3, -0.25) is 19.2 Å². The molecule has 0 amide bonds. The van der Waals surface area contributed by atoms with E-state index in [1.807, 2.05) is 41.5 Å². The highest BCUT2D eigenvalue weighted by Crippen LogP contribution is 2.38. The lowest BCUT2D eigenvalue weighted by molar-refractivity contribution is -0.131. The largest absolute Gasteiger partial charge is 0.299 e. The van der Waals surface area contributed by atoms with E-state index in [1.165, 1.54) is 0 Å². The van der Waals surface area contributed by atoms with Crippen LogP contribution in [0.15, 0.2) is 18.2 Å². The van der Waals surface area contributed by atoms with Crippen molar-refractivity contribution in [1.82, 2.24) is 4.98 Å². The molecule has 2 unspecified atom stereocenters. The minimum atomic E-state index is -0.713. The maximum atomic E-state index is 13.3. The smallest absolute Gasteiger partial charge is 0.191 e. The van der Waals surface area contributed by atoms with Gasteiger partial charge >= 0.3 is 0 Å². The minimum Gasteiger partial charge on any atom is -0.299 e. The summed E-state index contributed by atoms with van der Waals surface area (Å²) in [6.45, 7) is 12.0. The molecule has 0 aromatic carbocycles. The van der Waals surface area contributed by atoms with Crippen LogP contribution < -0.4 is 0 Å². The van der Waals surface area contributed by atoms with Crippen LogP contribution in [0.2, 0.25) is 0 Å². The molecule has 1 heterocycles. The molecule has 0 aliphatic heterocycles. The number of rotatable bonds is 6. The lowest BCUT2D eigenvalue weighted by Gasteiger charge is -2.34. The zero-order chi connectivity index (χ0) is 23.7. The van der Waals surface area contributed by atoms with E-state index >= 15 is 0 Å². The molecule has 32 heavy (non-hydrogen) atoms. The Balaban J connectivity index is 1.87. The van der Waals surface area contributed by atoms with Crippen molar-refractivity contribution in [2.45, 2.75) is 67.2 Å². The molecule has 2 aliphatic rings. The fourth-order valence-corrected chi connectivity index (χ4v) is 5.65. The number of hydrogen-bond acceptors (Lipinski definition) is 5. The zero-order valence-corrected chi connectivity index (χ0v) is 20.3. The molecule has 1 aromatic rings. The third-order valence-corrected chi connectivity index (χ3v) is 7.78. The normalized spacial score (nSPS) is 31.2. The summed E-state index contributed by atoms with van der Waals surface area (Å²) >= 11 is 0. The van der Waals surface area contributed by atoms with Crippen LogP contribution in [0.5, 0.6) is 0 Å². The van der Waals surface area contributed by atoms with Crippen molar-refractivity contribution in [3.05, 3.63) is 29.6 Å². The number of nitrogens with zero attached hydrogens (tertiary/aromatic N) is 1. The van der Waals surface area contributed by atoms with Crippen molar-refractivity contribution >= 4 is 23.1 Å². The number of carbonyl (C=O) groups excluding carboxylic acids is 4. The van der Waals surface area contributed by atoms with E-state index in [4.69, 9.17) is 0 Å². The van der Waals surface area contributed by atoms with Crippen molar-refractivity contribution in [3.63, 3.8) is 0 Å². The van der Waals surface area contributed by atoms with Crippen molar-refractivity contribution < 1.29 is 19.2 Å². The van der Waals surface area contributed by atoms with Crippen molar-refractivity contribution in [3.8, 4) is 0 Å². The van der Waals surface area contributed by atoms with Gasteiger partial charge in [0.05, 0.1) is 11.8 Å². The third kappa shape index (κ3) is 4.62. The van der Waals surface area contributed by atoms with E-state index in [-0.39, 0.29) is 70.0 Å². The predicted molar refractivity (Wildman–Crippen MR) is 123 cm³/mol. The first-order chi connectivity index (χ1) is 15.0. The lowest BCUT2D eigenvalue weighted by Crippen LogP contribution is -2.42. The Labute approximate surface area is 191 Å². The Morgan fingerprint density at radius 2 is 1.12 bits per heavy atom. The van der Waals surface area contributed by atoms with Gasteiger partial charge in [-0.1, -0.05) is 47.6 Å². The molecule has 1 aromatic heterocycles. The van der Waals surface area contributed by atoms with E-state index in [2.05, 4.69) is 4.98 Å². The molecule has 2 aliphatic carbocycles. The molecule has 0 N–H and O–H groups in total. The summed E-state index contributed by atoms with van der Waals surface area (Å²) in [5, 5.41) is 0. The number of ketones is 4. The van der Waals surface area contributed by atoms with Crippen LogP contribution in [-0.2, 0) is 9.59 Å². The van der Waals surface area contributed by atoms with E-state index in [0.717, 1.165) is 25.7 Å². The molecular weight excluding hydrogens is 402 g/mol. The molecule has 0 bridgehead atoms. The lowest BCUT2D eigenvalue weighted by atomic mass is 9.68. The number of Topliss-reactive ketones (excluding diaryl/α,β-unsaturated/α-hetero) is 4. The average Bonchev–Trinajstić information content (AvgIpc) is 2.73. The SMILES string of the molecule is CC(C)[C@@H]1CC[C@@H](C)C(C(=O)c2cccc(C(=O)C3C(=O)[C@H](C(C)C)CC[C@H]3C)n2)C1=O. The Bertz CT molecular complexity index is 833. The fourth-order valence-electron chi connectivity index (χ4n) is 5.65. The standard InChI is InChI=1S/C27H37NO4/c1-14(2)18-12-10-16(5)22(24(18)29)26(31)20-8-7-9-21(28-20)27(32)23-17(6)11-13-19(15(3)4)25(23)30/h7-9,14-19,22-23H,10-13H2,1-6H3/t16-,17-,18+,19+,22?,23?/m1/s1. The first-order valence-electron chi connectivity index (χ1n) is 12.2. The minimum absolute atomic E-state index is 0.00173. The van der Waals surface area contributed by atoms with Crippen molar-refractivity contribution in [2.75, 3.05) is 0 Å². The molecule has 5 heteroatoms. The van der Waals surface area contributed by atoms with Gasteiger partial charge in [-0.2, -0.15) is 0 Å². The summed E-state index contributed by atoms with van der Waals surface area (Å²) in [6.07, 6.45) is 3.28. The second-order valence-corrected chi connectivity index (χ2v) is 10.7. The molecule has 3 rings (SSSR count). The average molecular weight is 440 g/mol. The molecule has 2 saturated carbocycles. The second-order valence-electron chi connectivity index (χ2n) is 10.7. The first-order valence-corrected chi connectivity index (χ1v) is 12.2. The van der Waals surface area contributed by atoms with Crippen molar-refractivity contribution in [2.24, 2.45) is 47.3 Å². The summed E-state index contributed by atoms with van der Waals surface area (Å²) in [5.74, 6) is -1.96. The molecule has 5 nitrogen and oxygen atoms in total. The predicted octanol–water partition coefficient (Wildman–Crippen LogP) is 5.22. The summed E-state index contributed by atoms with van der Waals surface area (Å²) in [6, 6.07) is 4.81. The Morgan fingerprint density at radius 3 is 1.47 bits per heavy atom. The van der Waals surface area contributed by atoms with Crippen LogP contribution >= 0.6 is 0 Å². The van der Waals surface area contributed by atoms with Crippen LogP contribution in [-0.4, -0.2) is 28.1 Å². The topological polar surface area (TPSA) is 81.2 Å². The van der Waals surface area contributed by atoms with Gasteiger partial charge in [-0.15, -0.1) is 0 Å². The van der Waals surface area contributed by atoms with Gasteiger partial charge in [0, 0.05) is 11.8 Å². The molecule has 174 valence electrons. The highest BCUT2D eigenvalue weighted by atomic mass is 16.2. The maximum absolute atomic E-state index is 13.3. The van der Waals surface area contributed by atoms with Gasteiger partial charge in [-0.05, 0) is 61.5 Å². The first kappa shape index (κ1) is 24.5. The van der Waals surface area contributed by atoms with E-state index < -0.39 is 11.8 Å². The molecule has 0 spiro atoms. The van der Waals surface area contributed by atoms with Gasteiger partial charge in [0.25, 0.3) is 0 Å². The molecular formula is C27H37NO4. The zero-order valence-electron chi connectivity index (χ0n) is 20.3. The highest BCUT2D eigenvalue weighted by Gasteiger charge is 2.44. The summed E-state index contributed by atoms with van der Waals surface area (Å²) in [4.78, 5) is 57.3. The molecule has 6 atom stereocenters. The summed E-state index contributed by atoms with van der Waals surface area (Å²) in [7, 11) is 0. The second kappa shape index (κ2) is 9.76. The third-order valence-electron chi connectivity index (χ3n) is 7.78. The highest BCUT2D eigenvalue weighted by molar-refractivity contribution is 6.13. The maximum Gasteiger partial charge on any atom is 0.191 e. The van der Waals surface area contributed by atoms with Crippen LogP contribution in [0, 0.1) is 47.3 Å². The summed E-state index contributed by atoms with van der Waals surface area (Å²) in [5.41, 5.74) is 0.309. The monoisotopic (exact) mass is 439 g/mol. The quantitative estimate of drug-likeness (QED) is 0.448. The van der Waals surface area contributed by atoms with Crippen LogP contribution in [0.3, 0.4) is 0 Å². The van der Waals surface area contributed by atoms with Gasteiger partial charge in [-0.25, -0.2) is 4.98 Å². The van der Waals surface area contributed by atoms with Gasteiger partial charge < -0.3 is 0 Å². The van der Waals surface area contributed by atoms with Gasteiger partial charge in [0.1, 0.15) is 23.0 Å². The molecule has 0 radical (unpaired) electrons. The fraction of sp³-hybridized carbons (Fsp3) is 0.667. The number of hydrogen-bond donors (Lipinski definition) is 0. The van der Waals surface area contributed by atoms with Gasteiger partial charge in [0.2, 0.25) is 0 Å².